The van der Waals surface area contributed by atoms with Crippen molar-refractivity contribution in [1.29, 1.82) is 0 Å². The van der Waals surface area contributed by atoms with Gasteiger partial charge < -0.3 is 20.3 Å². The monoisotopic (exact) mass is 972 g/mol. The molecule has 0 aromatic rings. The third-order valence-corrected chi connectivity index (χ3v) is 14.5. The molecule has 0 spiro atoms. The summed E-state index contributed by atoms with van der Waals surface area (Å²) in [7, 11) is 0. The first-order valence-electron chi connectivity index (χ1n) is 31.1. The van der Waals surface area contributed by atoms with Gasteiger partial charge in [-0.15, -0.1) is 0 Å². The first-order valence-corrected chi connectivity index (χ1v) is 31.1. The number of unbranched alkanes of at least 4 members (excludes halogenated alkanes) is 45. The number of aliphatic hydroxyl groups excluding tert-OH is 2. The van der Waals surface area contributed by atoms with Crippen molar-refractivity contribution in [2.24, 2.45) is 0 Å². The quantitative estimate of drug-likeness (QED) is 0.0321. The zero-order chi connectivity index (χ0) is 50.0. The van der Waals surface area contributed by atoms with Crippen molar-refractivity contribution in [3.8, 4) is 0 Å². The fourth-order valence-electron chi connectivity index (χ4n) is 9.69. The second-order valence-corrected chi connectivity index (χ2v) is 21.4. The molecule has 69 heavy (non-hydrogen) atoms. The van der Waals surface area contributed by atoms with Crippen molar-refractivity contribution in [1.82, 2.24) is 5.32 Å². The molecule has 0 rings (SSSR count). The summed E-state index contributed by atoms with van der Waals surface area (Å²) in [5.74, 6) is -0.111. The standard InChI is InChI=1S/C63H121NO5/c1-3-5-7-9-11-13-15-17-19-20-21-22-23-24-25-26-27-28-30-31-35-39-43-47-51-55-61(66)60(59-65)64-62(67)56-52-48-44-40-36-33-34-38-42-46-50-54-58-69-63(68)57-53-49-45-41-37-32-29-18-16-14-12-10-8-6-4-2/h34,38,51,55,60-61,65-66H,3-33,35-37,39-50,52-54,56-59H2,1-2H3,(H,64,67)/b38-34-,55-51+. The first-order chi connectivity index (χ1) is 34.0. The highest BCUT2D eigenvalue weighted by Gasteiger charge is 2.18. The van der Waals surface area contributed by atoms with Crippen LogP contribution in [0.25, 0.3) is 0 Å². The first kappa shape index (κ1) is 67.3. The maximum atomic E-state index is 12.5. The van der Waals surface area contributed by atoms with Gasteiger partial charge in [0.2, 0.25) is 5.91 Å². The Labute approximate surface area is 431 Å². The molecular weight excluding hydrogens is 851 g/mol. The lowest BCUT2D eigenvalue weighted by molar-refractivity contribution is -0.143. The summed E-state index contributed by atoms with van der Waals surface area (Å²) in [5.41, 5.74) is 0. The van der Waals surface area contributed by atoms with Crippen LogP contribution in [0.1, 0.15) is 341 Å². The van der Waals surface area contributed by atoms with Gasteiger partial charge in [0.25, 0.3) is 0 Å². The molecule has 0 saturated heterocycles. The van der Waals surface area contributed by atoms with Gasteiger partial charge in [-0.3, -0.25) is 9.59 Å². The van der Waals surface area contributed by atoms with E-state index in [4.69, 9.17) is 4.74 Å². The van der Waals surface area contributed by atoms with Gasteiger partial charge in [-0.25, -0.2) is 0 Å². The van der Waals surface area contributed by atoms with Crippen LogP contribution in [0, 0.1) is 0 Å². The van der Waals surface area contributed by atoms with Crippen molar-refractivity contribution >= 4 is 11.9 Å². The molecule has 3 N–H and O–H groups in total. The normalized spacial score (nSPS) is 12.7. The van der Waals surface area contributed by atoms with Crippen molar-refractivity contribution in [3.05, 3.63) is 24.3 Å². The number of hydrogen-bond acceptors (Lipinski definition) is 5. The molecule has 6 nitrogen and oxygen atoms in total. The Balaban J connectivity index is 3.51. The Morgan fingerprint density at radius 1 is 0.391 bits per heavy atom. The Morgan fingerprint density at radius 3 is 1.03 bits per heavy atom. The molecular formula is C63H121NO5. The number of ether oxygens (including phenoxy) is 1. The van der Waals surface area contributed by atoms with Crippen LogP contribution < -0.4 is 5.32 Å². The Kier molecular flexibility index (Phi) is 57.5. The van der Waals surface area contributed by atoms with E-state index in [-0.39, 0.29) is 18.5 Å². The van der Waals surface area contributed by atoms with Gasteiger partial charge in [0.15, 0.2) is 0 Å². The van der Waals surface area contributed by atoms with Gasteiger partial charge in [-0.1, -0.05) is 289 Å². The molecule has 0 fully saturated rings. The molecule has 0 aliphatic heterocycles. The number of allylic oxidation sites excluding steroid dienone is 3. The molecule has 6 heteroatoms. The Bertz CT molecular complexity index is 1080. The van der Waals surface area contributed by atoms with E-state index in [1.54, 1.807) is 6.08 Å². The van der Waals surface area contributed by atoms with Crippen LogP contribution in [0.2, 0.25) is 0 Å². The fourth-order valence-corrected chi connectivity index (χ4v) is 9.69. The number of carbonyl (C=O) groups is 2. The summed E-state index contributed by atoms with van der Waals surface area (Å²) < 4.78 is 5.46. The highest BCUT2D eigenvalue weighted by Crippen LogP contribution is 2.18. The van der Waals surface area contributed by atoms with Crippen LogP contribution in [0.15, 0.2) is 24.3 Å². The zero-order valence-electron chi connectivity index (χ0n) is 46.6. The highest BCUT2D eigenvalue weighted by molar-refractivity contribution is 5.76. The Morgan fingerprint density at radius 2 is 0.681 bits per heavy atom. The van der Waals surface area contributed by atoms with Gasteiger partial charge in [0.05, 0.1) is 25.4 Å². The lowest BCUT2D eigenvalue weighted by Gasteiger charge is -2.20. The number of esters is 1. The van der Waals surface area contributed by atoms with E-state index in [1.807, 2.05) is 6.08 Å². The van der Waals surface area contributed by atoms with E-state index >= 15 is 0 Å². The van der Waals surface area contributed by atoms with E-state index in [0.717, 1.165) is 77.0 Å². The topological polar surface area (TPSA) is 95.9 Å². The van der Waals surface area contributed by atoms with Crippen molar-refractivity contribution < 1.29 is 24.5 Å². The molecule has 0 aliphatic rings. The van der Waals surface area contributed by atoms with E-state index < -0.39 is 12.1 Å². The summed E-state index contributed by atoms with van der Waals surface area (Å²) in [5, 5.41) is 23.2. The molecule has 1 amide bonds. The van der Waals surface area contributed by atoms with E-state index in [0.29, 0.717) is 19.4 Å². The molecule has 0 radical (unpaired) electrons. The van der Waals surface area contributed by atoms with Gasteiger partial charge in [-0.05, 0) is 64.2 Å². The van der Waals surface area contributed by atoms with Crippen LogP contribution in [0.5, 0.6) is 0 Å². The smallest absolute Gasteiger partial charge is 0.305 e. The summed E-state index contributed by atoms with van der Waals surface area (Å²) in [6, 6.07) is -0.647. The molecule has 2 atom stereocenters. The average molecular weight is 973 g/mol. The lowest BCUT2D eigenvalue weighted by atomic mass is 10.0. The fraction of sp³-hybridized carbons (Fsp3) is 0.905. The van der Waals surface area contributed by atoms with Crippen LogP contribution in [-0.4, -0.2) is 47.4 Å². The molecule has 0 aliphatic carbocycles. The van der Waals surface area contributed by atoms with Crippen molar-refractivity contribution in [2.75, 3.05) is 13.2 Å². The van der Waals surface area contributed by atoms with E-state index in [2.05, 4.69) is 31.3 Å². The average Bonchev–Trinajstić information content (AvgIpc) is 3.35. The number of hydrogen-bond donors (Lipinski definition) is 3. The minimum Gasteiger partial charge on any atom is -0.466 e. The number of rotatable bonds is 58. The molecule has 0 aromatic carbocycles. The maximum absolute atomic E-state index is 12.5. The summed E-state index contributed by atoms with van der Waals surface area (Å²) >= 11 is 0. The van der Waals surface area contributed by atoms with Gasteiger partial charge >= 0.3 is 5.97 Å². The van der Waals surface area contributed by atoms with E-state index in [9.17, 15) is 19.8 Å². The van der Waals surface area contributed by atoms with Crippen LogP contribution >= 0.6 is 0 Å². The zero-order valence-corrected chi connectivity index (χ0v) is 46.6. The van der Waals surface area contributed by atoms with Crippen LogP contribution in [-0.2, 0) is 14.3 Å². The molecule has 408 valence electrons. The third kappa shape index (κ3) is 55.5. The summed E-state index contributed by atoms with van der Waals surface area (Å²) in [6.07, 6.45) is 72.2. The number of aliphatic hydroxyl groups is 2. The third-order valence-electron chi connectivity index (χ3n) is 14.5. The van der Waals surface area contributed by atoms with Crippen molar-refractivity contribution in [2.45, 2.75) is 353 Å². The van der Waals surface area contributed by atoms with Crippen LogP contribution in [0.3, 0.4) is 0 Å². The second kappa shape index (κ2) is 58.9. The SMILES string of the molecule is CCCCCCCCCCCCCCCCCCCCCCCCC/C=C/C(O)C(CO)NC(=O)CCCCCCC/C=C\CCCCCOC(=O)CCCCCCCCCCCCCCCCC. The summed E-state index contributed by atoms with van der Waals surface area (Å²) in [6.45, 7) is 4.87. The highest BCUT2D eigenvalue weighted by atomic mass is 16.5. The summed E-state index contributed by atoms with van der Waals surface area (Å²) in [4.78, 5) is 24.6. The maximum Gasteiger partial charge on any atom is 0.305 e. The van der Waals surface area contributed by atoms with E-state index in [1.165, 1.54) is 238 Å². The number of nitrogens with one attached hydrogen (secondary N) is 1. The van der Waals surface area contributed by atoms with Gasteiger partial charge in [-0.2, -0.15) is 0 Å². The minimum absolute atomic E-state index is 0.0206. The van der Waals surface area contributed by atoms with Gasteiger partial charge in [0, 0.05) is 12.8 Å². The predicted octanol–water partition coefficient (Wildman–Crippen LogP) is 19.4. The minimum atomic E-state index is -0.862. The largest absolute Gasteiger partial charge is 0.466 e. The molecule has 0 aromatic heterocycles. The molecule has 0 heterocycles. The number of amides is 1. The predicted molar refractivity (Wildman–Crippen MR) is 301 cm³/mol. The lowest BCUT2D eigenvalue weighted by Crippen LogP contribution is -2.45. The van der Waals surface area contributed by atoms with Gasteiger partial charge in [0.1, 0.15) is 0 Å². The van der Waals surface area contributed by atoms with Crippen molar-refractivity contribution in [3.63, 3.8) is 0 Å². The molecule has 2 unspecified atom stereocenters. The number of carbonyl (C=O) groups excluding carboxylic acids is 2. The molecule has 0 bridgehead atoms. The second-order valence-electron chi connectivity index (χ2n) is 21.4. The molecule has 0 saturated carbocycles. The van der Waals surface area contributed by atoms with Crippen LogP contribution in [0.4, 0.5) is 0 Å². The Hall–Kier alpha value is -1.66.